The molecule has 11 nitrogen and oxygen atoms in total. The van der Waals surface area contributed by atoms with E-state index in [0.29, 0.717) is 21.2 Å². The van der Waals surface area contributed by atoms with Gasteiger partial charge in [0.2, 0.25) is 0 Å². The molecule has 0 unspecified atom stereocenters. The van der Waals surface area contributed by atoms with Crippen molar-refractivity contribution in [2.45, 2.75) is 13.5 Å². The van der Waals surface area contributed by atoms with E-state index in [2.05, 4.69) is 15.2 Å². The molecular formula is C20H14ClN7O4S. The standard InChI is InChI=1S/C20H14ClN7O4S/c1-10-14-18-23-16(24-27(18)9-22-19(14)33-15(10)20(29)32-2)12-5-3-4-11(6-12)7-26-8-13(21)17(25-26)28(30)31/h3-6,8-9H,7H2,1-2H3. The van der Waals surface area contributed by atoms with Crippen LogP contribution in [-0.4, -0.2) is 47.4 Å². The van der Waals surface area contributed by atoms with Gasteiger partial charge in [0.15, 0.2) is 16.5 Å². The number of ether oxygens (including phenoxy) is 1. The van der Waals surface area contributed by atoms with Crippen LogP contribution in [0.2, 0.25) is 5.02 Å². The number of benzene rings is 1. The van der Waals surface area contributed by atoms with Crippen molar-refractivity contribution in [2.75, 3.05) is 7.11 Å². The van der Waals surface area contributed by atoms with E-state index in [1.807, 2.05) is 31.2 Å². The Morgan fingerprint density at radius 3 is 2.88 bits per heavy atom. The number of halogens is 1. The summed E-state index contributed by atoms with van der Waals surface area (Å²) >= 11 is 7.14. The van der Waals surface area contributed by atoms with Gasteiger partial charge in [0.25, 0.3) is 0 Å². The van der Waals surface area contributed by atoms with E-state index in [0.717, 1.165) is 22.1 Å². The Kier molecular flexibility index (Phi) is 5.02. The molecule has 0 saturated heterocycles. The first-order chi connectivity index (χ1) is 15.9. The Morgan fingerprint density at radius 2 is 2.15 bits per heavy atom. The largest absolute Gasteiger partial charge is 0.465 e. The zero-order valence-corrected chi connectivity index (χ0v) is 18.8. The first-order valence-electron chi connectivity index (χ1n) is 9.55. The van der Waals surface area contributed by atoms with Crippen molar-refractivity contribution in [3.63, 3.8) is 0 Å². The summed E-state index contributed by atoms with van der Waals surface area (Å²) in [6.45, 7) is 2.11. The molecule has 0 aliphatic heterocycles. The van der Waals surface area contributed by atoms with Crippen LogP contribution in [0.5, 0.6) is 0 Å². The van der Waals surface area contributed by atoms with E-state index < -0.39 is 10.9 Å². The van der Waals surface area contributed by atoms with Gasteiger partial charge in [-0.1, -0.05) is 29.8 Å². The van der Waals surface area contributed by atoms with E-state index in [4.69, 9.17) is 21.3 Å². The molecule has 0 saturated carbocycles. The minimum atomic E-state index is -0.622. The lowest BCUT2D eigenvalue weighted by Crippen LogP contribution is -2.01. The third-order valence-electron chi connectivity index (χ3n) is 5.04. The molecule has 5 rings (SSSR count). The number of aromatic nitrogens is 6. The molecule has 5 aromatic rings. The normalized spacial score (nSPS) is 11.4. The molecule has 13 heteroatoms. The van der Waals surface area contributed by atoms with Gasteiger partial charge in [-0.3, -0.25) is 0 Å². The molecule has 0 bridgehead atoms. The van der Waals surface area contributed by atoms with Crippen LogP contribution in [0.25, 0.3) is 27.3 Å². The summed E-state index contributed by atoms with van der Waals surface area (Å²) in [6, 6.07) is 7.45. The fraction of sp³-hybridized carbons (Fsp3) is 0.150. The van der Waals surface area contributed by atoms with Crippen molar-refractivity contribution < 1.29 is 14.5 Å². The van der Waals surface area contributed by atoms with Crippen LogP contribution in [-0.2, 0) is 11.3 Å². The first kappa shape index (κ1) is 21.0. The van der Waals surface area contributed by atoms with E-state index >= 15 is 0 Å². The average molecular weight is 484 g/mol. The highest BCUT2D eigenvalue weighted by Crippen LogP contribution is 2.33. The van der Waals surface area contributed by atoms with Gasteiger partial charge >= 0.3 is 11.8 Å². The fourth-order valence-corrected chi connectivity index (χ4v) is 4.81. The quantitative estimate of drug-likeness (QED) is 0.209. The van der Waals surface area contributed by atoms with Crippen LogP contribution < -0.4 is 0 Å². The van der Waals surface area contributed by atoms with Crippen LogP contribution in [0.4, 0.5) is 5.82 Å². The molecule has 1 aromatic carbocycles. The maximum Gasteiger partial charge on any atom is 0.408 e. The topological polar surface area (TPSA) is 130 Å². The van der Waals surface area contributed by atoms with Gasteiger partial charge < -0.3 is 14.9 Å². The molecule has 0 fully saturated rings. The molecule has 33 heavy (non-hydrogen) atoms. The molecule has 0 radical (unpaired) electrons. The smallest absolute Gasteiger partial charge is 0.408 e. The summed E-state index contributed by atoms with van der Waals surface area (Å²) in [5, 5.41) is 20.2. The predicted molar refractivity (Wildman–Crippen MR) is 121 cm³/mol. The van der Waals surface area contributed by atoms with Gasteiger partial charge in [-0.2, -0.15) is 4.68 Å². The molecule has 166 valence electrons. The number of hydrogen-bond donors (Lipinski definition) is 0. The molecule has 0 spiro atoms. The van der Waals surface area contributed by atoms with Gasteiger partial charge in [-0.05, 0) is 29.0 Å². The Hall–Kier alpha value is -3.90. The Balaban J connectivity index is 1.54. The molecular weight excluding hydrogens is 470 g/mol. The van der Waals surface area contributed by atoms with Crippen LogP contribution in [0.3, 0.4) is 0 Å². The monoisotopic (exact) mass is 483 g/mol. The van der Waals surface area contributed by atoms with Crippen molar-refractivity contribution in [2.24, 2.45) is 0 Å². The highest BCUT2D eigenvalue weighted by atomic mass is 35.5. The van der Waals surface area contributed by atoms with Gasteiger partial charge in [0, 0.05) is 5.56 Å². The Bertz CT molecular complexity index is 1570. The molecule has 0 aliphatic rings. The first-order valence-corrected chi connectivity index (χ1v) is 10.7. The SMILES string of the molecule is COC(=O)c1sc2ncn3nc(-c4cccc(Cn5cc(Cl)c([N+](=O)[O-])n5)c4)nc3c2c1C. The predicted octanol–water partition coefficient (Wildman–Crippen LogP) is 3.91. The Labute approximate surface area is 194 Å². The van der Waals surface area contributed by atoms with Gasteiger partial charge in [0.1, 0.15) is 16.0 Å². The molecule has 4 aromatic heterocycles. The minimum Gasteiger partial charge on any atom is -0.465 e. The van der Waals surface area contributed by atoms with Crippen molar-refractivity contribution in [1.82, 2.24) is 29.4 Å². The van der Waals surface area contributed by atoms with E-state index in [1.54, 1.807) is 10.8 Å². The number of thiophene rings is 1. The van der Waals surface area contributed by atoms with Crippen molar-refractivity contribution >= 4 is 50.6 Å². The Morgan fingerprint density at radius 1 is 1.33 bits per heavy atom. The number of fused-ring (bicyclic) bond motifs is 3. The highest BCUT2D eigenvalue weighted by molar-refractivity contribution is 7.20. The third kappa shape index (κ3) is 3.58. The molecule has 4 heterocycles. The highest BCUT2D eigenvalue weighted by Gasteiger charge is 2.22. The second kappa shape index (κ2) is 7.90. The summed E-state index contributed by atoms with van der Waals surface area (Å²) in [5.41, 5.74) is 2.91. The van der Waals surface area contributed by atoms with E-state index in [1.165, 1.54) is 29.3 Å². The van der Waals surface area contributed by atoms with Crippen molar-refractivity contribution in [1.29, 1.82) is 0 Å². The number of esters is 1. The number of aryl methyl sites for hydroxylation is 1. The summed E-state index contributed by atoms with van der Waals surface area (Å²) < 4.78 is 7.85. The van der Waals surface area contributed by atoms with Gasteiger partial charge in [-0.15, -0.1) is 16.4 Å². The summed E-state index contributed by atoms with van der Waals surface area (Å²) in [6.07, 6.45) is 2.97. The number of nitro groups is 1. The maximum absolute atomic E-state index is 12.1. The number of carbonyl (C=O) groups excluding carboxylic acids is 1. The molecule has 0 amide bonds. The summed E-state index contributed by atoms with van der Waals surface area (Å²) in [7, 11) is 1.34. The van der Waals surface area contributed by atoms with Gasteiger partial charge in [0.05, 0.1) is 30.3 Å². The summed E-state index contributed by atoms with van der Waals surface area (Å²) in [4.78, 5) is 32.7. The van der Waals surface area contributed by atoms with Crippen molar-refractivity contribution in [3.8, 4) is 11.4 Å². The van der Waals surface area contributed by atoms with Crippen LogP contribution in [0.15, 0.2) is 36.8 Å². The molecule has 0 atom stereocenters. The number of hydrogen-bond acceptors (Lipinski definition) is 9. The number of carbonyl (C=O) groups is 1. The third-order valence-corrected chi connectivity index (χ3v) is 6.49. The second-order valence-electron chi connectivity index (χ2n) is 7.13. The van der Waals surface area contributed by atoms with Crippen LogP contribution in [0, 0.1) is 17.0 Å². The lowest BCUT2D eigenvalue weighted by molar-refractivity contribution is -0.389. The number of methoxy groups -OCH3 is 1. The minimum absolute atomic E-state index is 0.0212. The van der Waals surface area contributed by atoms with Crippen LogP contribution in [0.1, 0.15) is 20.8 Å². The van der Waals surface area contributed by atoms with Crippen molar-refractivity contribution in [3.05, 3.63) is 67.9 Å². The fourth-order valence-electron chi connectivity index (χ4n) is 3.53. The zero-order valence-electron chi connectivity index (χ0n) is 17.2. The lowest BCUT2D eigenvalue weighted by Gasteiger charge is -2.01. The number of rotatable bonds is 5. The van der Waals surface area contributed by atoms with Gasteiger partial charge in [-0.25, -0.2) is 19.3 Å². The zero-order chi connectivity index (χ0) is 23.3. The number of nitrogens with zero attached hydrogens (tertiary/aromatic N) is 7. The van der Waals surface area contributed by atoms with E-state index in [-0.39, 0.29) is 17.4 Å². The average Bonchev–Trinajstić information content (AvgIpc) is 3.48. The summed E-state index contributed by atoms with van der Waals surface area (Å²) in [5.74, 6) is -0.329. The second-order valence-corrected chi connectivity index (χ2v) is 8.54. The molecule has 0 N–H and O–H groups in total. The molecule has 0 aliphatic carbocycles. The van der Waals surface area contributed by atoms with E-state index in [9.17, 15) is 14.9 Å². The lowest BCUT2D eigenvalue weighted by atomic mass is 10.1. The maximum atomic E-state index is 12.1. The van der Waals surface area contributed by atoms with Crippen LogP contribution >= 0.6 is 22.9 Å².